The smallest absolute Gasteiger partial charge is 0.274 e. The van der Waals surface area contributed by atoms with Gasteiger partial charge in [0.2, 0.25) is 0 Å². The summed E-state index contributed by atoms with van der Waals surface area (Å²) in [5.74, 6) is 4.56. The predicted molar refractivity (Wildman–Crippen MR) is 96.6 cm³/mol. The summed E-state index contributed by atoms with van der Waals surface area (Å²) in [7, 11) is 0. The van der Waals surface area contributed by atoms with Crippen molar-refractivity contribution in [2.75, 3.05) is 0 Å². The maximum absolute atomic E-state index is 12.3. The highest BCUT2D eigenvalue weighted by molar-refractivity contribution is 6.31. The second-order valence-electron chi connectivity index (χ2n) is 6.71. The Morgan fingerprint density at radius 3 is 2.60 bits per heavy atom. The molecule has 0 aliphatic heterocycles. The van der Waals surface area contributed by atoms with Gasteiger partial charge in [0.1, 0.15) is 6.10 Å². The number of rotatable bonds is 6. The standard InChI is InChI=1S/C18H26ClN3O3/c19-14-8-4-7-13(11-14)17(24)22(21)18(25)16(23)15(20)10-9-12-5-2-1-3-6-12/h4,7-8,11-12,15-16,23H,1-3,5-6,9-10,20-21H2/t15-,16+/m1/s1. The van der Waals surface area contributed by atoms with Crippen molar-refractivity contribution in [2.45, 2.75) is 57.1 Å². The number of imide groups is 1. The van der Waals surface area contributed by atoms with Crippen molar-refractivity contribution in [1.29, 1.82) is 0 Å². The van der Waals surface area contributed by atoms with Crippen molar-refractivity contribution in [2.24, 2.45) is 17.5 Å². The van der Waals surface area contributed by atoms with Crippen LogP contribution < -0.4 is 11.6 Å². The molecule has 0 heterocycles. The van der Waals surface area contributed by atoms with Crippen LogP contribution in [0.15, 0.2) is 24.3 Å². The van der Waals surface area contributed by atoms with Gasteiger partial charge in [0.25, 0.3) is 11.8 Å². The average Bonchev–Trinajstić information content (AvgIpc) is 2.64. The molecule has 1 aromatic carbocycles. The topological polar surface area (TPSA) is 110 Å². The van der Waals surface area contributed by atoms with E-state index in [1.807, 2.05) is 0 Å². The summed E-state index contributed by atoms with van der Waals surface area (Å²) in [4.78, 5) is 24.5. The highest BCUT2D eigenvalue weighted by atomic mass is 35.5. The van der Waals surface area contributed by atoms with Crippen molar-refractivity contribution in [3.63, 3.8) is 0 Å². The van der Waals surface area contributed by atoms with E-state index in [0.717, 1.165) is 6.42 Å². The highest BCUT2D eigenvalue weighted by Gasteiger charge is 2.30. The largest absolute Gasteiger partial charge is 0.382 e. The third-order valence-electron chi connectivity index (χ3n) is 4.82. The Morgan fingerprint density at radius 1 is 1.28 bits per heavy atom. The number of aliphatic hydroxyl groups excluding tert-OH is 1. The lowest BCUT2D eigenvalue weighted by Crippen LogP contribution is -2.53. The van der Waals surface area contributed by atoms with Gasteiger partial charge >= 0.3 is 0 Å². The van der Waals surface area contributed by atoms with Gasteiger partial charge in [-0.3, -0.25) is 9.59 Å². The number of carbonyl (C=O) groups excluding carboxylic acids is 2. The van der Waals surface area contributed by atoms with Gasteiger partial charge in [0.15, 0.2) is 0 Å². The molecule has 1 aliphatic carbocycles. The van der Waals surface area contributed by atoms with Gasteiger partial charge in [-0.15, -0.1) is 0 Å². The number of aliphatic hydroxyl groups is 1. The fourth-order valence-electron chi connectivity index (χ4n) is 3.25. The van der Waals surface area contributed by atoms with Gasteiger partial charge in [0.05, 0.1) is 0 Å². The fourth-order valence-corrected chi connectivity index (χ4v) is 3.44. The van der Waals surface area contributed by atoms with Gasteiger partial charge in [0, 0.05) is 16.6 Å². The van der Waals surface area contributed by atoms with Crippen molar-refractivity contribution in [3.8, 4) is 0 Å². The first-order chi connectivity index (χ1) is 11.9. The zero-order valence-electron chi connectivity index (χ0n) is 14.2. The molecule has 5 N–H and O–H groups in total. The molecule has 0 saturated heterocycles. The summed E-state index contributed by atoms with van der Waals surface area (Å²) in [6.45, 7) is 0. The summed E-state index contributed by atoms with van der Waals surface area (Å²) in [5.41, 5.74) is 6.12. The molecule has 0 bridgehead atoms. The number of benzene rings is 1. The Bertz CT molecular complexity index is 605. The molecule has 1 saturated carbocycles. The Kier molecular flexibility index (Phi) is 7.38. The molecule has 1 aromatic rings. The molecule has 6 nitrogen and oxygen atoms in total. The molecular weight excluding hydrogens is 342 g/mol. The second-order valence-corrected chi connectivity index (χ2v) is 7.15. The lowest BCUT2D eigenvalue weighted by Gasteiger charge is -2.26. The molecule has 1 fully saturated rings. The van der Waals surface area contributed by atoms with E-state index >= 15 is 0 Å². The van der Waals surface area contributed by atoms with E-state index < -0.39 is 24.0 Å². The van der Waals surface area contributed by atoms with Crippen molar-refractivity contribution < 1.29 is 14.7 Å². The number of hydrazine groups is 1. The lowest BCUT2D eigenvalue weighted by molar-refractivity contribution is -0.138. The summed E-state index contributed by atoms with van der Waals surface area (Å²) in [6, 6.07) is 5.35. The monoisotopic (exact) mass is 367 g/mol. The Balaban J connectivity index is 1.89. The molecule has 0 radical (unpaired) electrons. The number of nitrogens with two attached hydrogens (primary N) is 2. The lowest BCUT2D eigenvalue weighted by atomic mass is 9.85. The maximum atomic E-state index is 12.3. The zero-order chi connectivity index (χ0) is 18.4. The predicted octanol–water partition coefficient (Wildman–Crippen LogP) is 2.23. The minimum absolute atomic E-state index is 0.173. The molecule has 0 spiro atoms. The van der Waals surface area contributed by atoms with Gasteiger partial charge in [-0.05, 0) is 37.0 Å². The SMILES string of the molecule is N[C@H](CCC1CCCCC1)[C@H](O)C(=O)N(N)C(=O)c1cccc(Cl)c1. The minimum atomic E-state index is -1.50. The van der Waals surface area contributed by atoms with Crippen LogP contribution in [0.4, 0.5) is 0 Å². The van der Waals surface area contributed by atoms with E-state index in [4.69, 9.17) is 23.2 Å². The van der Waals surface area contributed by atoms with Crippen LogP contribution in [0, 0.1) is 5.92 Å². The molecule has 25 heavy (non-hydrogen) atoms. The zero-order valence-corrected chi connectivity index (χ0v) is 15.0. The number of amides is 2. The van der Waals surface area contributed by atoms with Crippen molar-refractivity contribution in [3.05, 3.63) is 34.9 Å². The van der Waals surface area contributed by atoms with E-state index in [1.165, 1.54) is 44.2 Å². The van der Waals surface area contributed by atoms with Crippen LogP contribution in [0.1, 0.15) is 55.3 Å². The summed E-state index contributed by atoms with van der Waals surface area (Å²) in [6.07, 6.45) is 5.97. The summed E-state index contributed by atoms with van der Waals surface area (Å²) in [5, 5.41) is 10.9. The van der Waals surface area contributed by atoms with Crippen LogP contribution in [0.5, 0.6) is 0 Å². The van der Waals surface area contributed by atoms with E-state index in [2.05, 4.69) is 0 Å². The van der Waals surface area contributed by atoms with Crippen molar-refractivity contribution >= 4 is 23.4 Å². The average molecular weight is 368 g/mol. The molecule has 138 valence electrons. The van der Waals surface area contributed by atoms with Gasteiger partial charge in [-0.25, -0.2) is 10.9 Å². The first-order valence-corrected chi connectivity index (χ1v) is 9.10. The molecule has 7 heteroatoms. The van der Waals surface area contributed by atoms with E-state index in [9.17, 15) is 14.7 Å². The van der Waals surface area contributed by atoms with Crippen LogP contribution in [0.25, 0.3) is 0 Å². The molecule has 0 aromatic heterocycles. The number of halogens is 1. The molecular formula is C18H26ClN3O3. The van der Waals surface area contributed by atoms with Crippen molar-refractivity contribution in [1.82, 2.24) is 5.01 Å². The third-order valence-corrected chi connectivity index (χ3v) is 5.05. The molecule has 0 unspecified atom stereocenters. The number of hydrogen-bond acceptors (Lipinski definition) is 5. The van der Waals surface area contributed by atoms with Crippen LogP contribution in [-0.2, 0) is 4.79 Å². The second kappa shape index (κ2) is 9.29. The van der Waals surface area contributed by atoms with Crippen LogP contribution in [-0.4, -0.2) is 34.1 Å². The molecule has 2 amide bonds. The van der Waals surface area contributed by atoms with Crippen LogP contribution in [0.2, 0.25) is 5.02 Å². The minimum Gasteiger partial charge on any atom is -0.382 e. The molecule has 2 rings (SSSR count). The van der Waals surface area contributed by atoms with Crippen LogP contribution >= 0.6 is 11.6 Å². The van der Waals surface area contributed by atoms with Gasteiger partial charge in [-0.2, -0.15) is 0 Å². The number of hydrogen-bond donors (Lipinski definition) is 3. The van der Waals surface area contributed by atoms with Gasteiger partial charge in [-0.1, -0.05) is 49.8 Å². The first kappa shape index (κ1) is 19.8. The van der Waals surface area contributed by atoms with E-state index in [0.29, 0.717) is 22.4 Å². The Labute approximate surface area is 153 Å². The Hall–Kier alpha value is -1.47. The number of carbonyl (C=O) groups is 2. The normalized spacial score (nSPS) is 17.8. The summed E-state index contributed by atoms with van der Waals surface area (Å²) < 4.78 is 0. The molecule has 1 aliphatic rings. The number of nitrogens with zero attached hydrogens (tertiary/aromatic N) is 1. The fraction of sp³-hybridized carbons (Fsp3) is 0.556. The molecule has 2 atom stereocenters. The van der Waals surface area contributed by atoms with E-state index in [1.54, 1.807) is 12.1 Å². The first-order valence-electron chi connectivity index (χ1n) is 8.72. The Morgan fingerprint density at radius 2 is 1.96 bits per heavy atom. The quantitative estimate of drug-likeness (QED) is 0.405. The van der Waals surface area contributed by atoms with Crippen LogP contribution in [0.3, 0.4) is 0 Å². The highest BCUT2D eigenvalue weighted by Crippen LogP contribution is 2.27. The maximum Gasteiger partial charge on any atom is 0.274 e. The third kappa shape index (κ3) is 5.51. The van der Waals surface area contributed by atoms with E-state index in [-0.39, 0.29) is 5.56 Å². The summed E-state index contributed by atoms with van der Waals surface area (Å²) >= 11 is 5.84. The van der Waals surface area contributed by atoms with Gasteiger partial charge < -0.3 is 10.8 Å².